The van der Waals surface area contributed by atoms with E-state index in [1.165, 1.54) is 19.3 Å². The number of benzene rings is 1. The molecule has 0 radical (unpaired) electrons. The molecule has 1 fully saturated rings. The molecule has 1 atom stereocenters. The Morgan fingerprint density at radius 1 is 0.941 bits per heavy atom. The summed E-state index contributed by atoms with van der Waals surface area (Å²) in [6.45, 7) is 0. The van der Waals surface area contributed by atoms with E-state index in [4.69, 9.17) is 5.73 Å². The number of hydrogen-bond acceptors (Lipinski definition) is 2. The van der Waals surface area contributed by atoms with Crippen LogP contribution in [0.3, 0.4) is 0 Å². The number of aliphatic hydroxyl groups is 1. The van der Waals surface area contributed by atoms with Crippen LogP contribution in [-0.2, 0) is 0 Å². The van der Waals surface area contributed by atoms with Gasteiger partial charge in [-0.15, -0.1) is 0 Å². The second kappa shape index (κ2) is 5.65. The molecule has 0 amide bonds. The summed E-state index contributed by atoms with van der Waals surface area (Å²) >= 11 is 0. The summed E-state index contributed by atoms with van der Waals surface area (Å²) < 4.78 is 0. The fraction of sp³-hybridized carbons (Fsp3) is 0.600. The predicted octanol–water partition coefficient (Wildman–Crippen LogP) is 3.16. The summed E-state index contributed by atoms with van der Waals surface area (Å²) in [6.07, 6.45) is 7.62. The Kier molecular flexibility index (Phi) is 4.19. The molecule has 2 rings (SSSR count). The summed E-state index contributed by atoms with van der Waals surface area (Å²) in [5.41, 5.74) is 6.62. The second-order valence-electron chi connectivity index (χ2n) is 5.26. The summed E-state index contributed by atoms with van der Waals surface area (Å²) in [7, 11) is 0. The van der Waals surface area contributed by atoms with Crippen molar-refractivity contribution in [1.82, 2.24) is 0 Å². The van der Waals surface area contributed by atoms with Gasteiger partial charge in [-0.05, 0) is 18.4 Å². The first-order valence-electron chi connectivity index (χ1n) is 6.75. The zero-order valence-electron chi connectivity index (χ0n) is 10.4. The molecule has 1 aliphatic carbocycles. The van der Waals surface area contributed by atoms with Gasteiger partial charge < -0.3 is 10.8 Å². The highest BCUT2D eigenvalue weighted by Crippen LogP contribution is 2.35. The molecular weight excluding hydrogens is 210 g/mol. The van der Waals surface area contributed by atoms with Gasteiger partial charge in [0.1, 0.15) is 0 Å². The highest BCUT2D eigenvalue weighted by atomic mass is 16.3. The van der Waals surface area contributed by atoms with Gasteiger partial charge in [0.15, 0.2) is 0 Å². The van der Waals surface area contributed by atoms with Crippen molar-refractivity contribution in [2.24, 2.45) is 5.73 Å². The Morgan fingerprint density at radius 2 is 1.47 bits per heavy atom. The van der Waals surface area contributed by atoms with Crippen LogP contribution in [0.15, 0.2) is 30.3 Å². The molecule has 0 aliphatic heterocycles. The minimum atomic E-state index is -0.707. The molecule has 94 valence electrons. The first-order valence-corrected chi connectivity index (χ1v) is 6.75. The van der Waals surface area contributed by atoms with E-state index in [-0.39, 0.29) is 6.04 Å². The molecule has 2 nitrogen and oxygen atoms in total. The van der Waals surface area contributed by atoms with Crippen LogP contribution in [-0.4, -0.2) is 10.7 Å². The van der Waals surface area contributed by atoms with Gasteiger partial charge in [-0.3, -0.25) is 0 Å². The third-order valence-electron chi connectivity index (χ3n) is 3.96. The third-order valence-corrected chi connectivity index (χ3v) is 3.96. The van der Waals surface area contributed by atoms with E-state index in [2.05, 4.69) is 0 Å². The number of hydrogen-bond donors (Lipinski definition) is 2. The van der Waals surface area contributed by atoms with Gasteiger partial charge >= 0.3 is 0 Å². The van der Waals surface area contributed by atoms with Crippen LogP contribution in [0.25, 0.3) is 0 Å². The average molecular weight is 233 g/mol. The van der Waals surface area contributed by atoms with Crippen LogP contribution in [0.1, 0.15) is 56.6 Å². The van der Waals surface area contributed by atoms with Gasteiger partial charge in [0.05, 0.1) is 11.6 Å². The van der Waals surface area contributed by atoms with E-state index in [0.717, 1.165) is 31.2 Å². The van der Waals surface area contributed by atoms with Crippen LogP contribution in [0, 0.1) is 0 Å². The standard InChI is InChI=1S/C15H23NO/c16-14(13-9-5-4-6-10-13)15(17)11-7-2-1-3-8-12-15/h4-6,9-10,14,17H,1-3,7-8,11-12,16H2. The van der Waals surface area contributed by atoms with Crippen molar-refractivity contribution in [2.75, 3.05) is 0 Å². The van der Waals surface area contributed by atoms with Crippen LogP contribution in [0.4, 0.5) is 0 Å². The van der Waals surface area contributed by atoms with Gasteiger partial charge in [-0.2, -0.15) is 0 Å². The van der Waals surface area contributed by atoms with E-state index >= 15 is 0 Å². The van der Waals surface area contributed by atoms with Crippen LogP contribution < -0.4 is 5.73 Å². The van der Waals surface area contributed by atoms with Crippen molar-refractivity contribution in [3.8, 4) is 0 Å². The van der Waals surface area contributed by atoms with E-state index in [9.17, 15) is 5.11 Å². The van der Waals surface area contributed by atoms with Crippen molar-refractivity contribution in [2.45, 2.75) is 56.6 Å². The molecule has 2 heteroatoms. The largest absolute Gasteiger partial charge is 0.388 e. The first kappa shape index (κ1) is 12.6. The minimum Gasteiger partial charge on any atom is -0.388 e. The van der Waals surface area contributed by atoms with Gasteiger partial charge in [0.25, 0.3) is 0 Å². The first-order chi connectivity index (χ1) is 8.22. The SMILES string of the molecule is NC(c1ccccc1)C1(O)CCCCCCC1. The summed E-state index contributed by atoms with van der Waals surface area (Å²) in [4.78, 5) is 0. The highest BCUT2D eigenvalue weighted by Gasteiger charge is 2.34. The minimum absolute atomic E-state index is 0.248. The van der Waals surface area contributed by atoms with Crippen molar-refractivity contribution in [1.29, 1.82) is 0 Å². The van der Waals surface area contributed by atoms with Gasteiger partial charge in [-0.25, -0.2) is 0 Å². The van der Waals surface area contributed by atoms with Crippen molar-refractivity contribution in [3.63, 3.8) is 0 Å². The molecular formula is C15H23NO. The summed E-state index contributed by atoms with van der Waals surface area (Å²) in [6, 6.07) is 9.74. The molecule has 1 aromatic rings. The lowest BCUT2D eigenvalue weighted by Crippen LogP contribution is -2.41. The maximum atomic E-state index is 10.8. The van der Waals surface area contributed by atoms with Crippen molar-refractivity contribution < 1.29 is 5.11 Å². The number of rotatable bonds is 2. The van der Waals surface area contributed by atoms with Crippen molar-refractivity contribution >= 4 is 0 Å². The fourth-order valence-electron chi connectivity index (χ4n) is 2.80. The maximum Gasteiger partial charge on any atom is 0.0839 e. The Morgan fingerprint density at radius 3 is 2.06 bits per heavy atom. The Labute approximate surface area is 104 Å². The summed E-state index contributed by atoms with van der Waals surface area (Å²) in [5, 5.41) is 10.8. The third kappa shape index (κ3) is 3.08. The Hall–Kier alpha value is -0.860. The zero-order chi connectivity index (χ0) is 12.1. The van der Waals surface area contributed by atoms with E-state index < -0.39 is 5.60 Å². The topological polar surface area (TPSA) is 46.2 Å². The lowest BCUT2D eigenvalue weighted by atomic mass is 9.79. The second-order valence-corrected chi connectivity index (χ2v) is 5.26. The molecule has 1 unspecified atom stereocenters. The molecule has 0 bridgehead atoms. The van der Waals surface area contributed by atoms with Crippen LogP contribution in [0.5, 0.6) is 0 Å². The quantitative estimate of drug-likeness (QED) is 0.824. The number of nitrogens with two attached hydrogens (primary N) is 1. The molecule has 17 heavy (non-hydrogen) atoms. The molecule has 0 spiro atoms. The van der Waals surface area contributed by atoms with E-state index in [1.807, 2.05) is 30.3 Å². The lowest BCUT2D eigenvalue weighted by Gasteiger charge is -2.35. The molecule has 0 saturated heterocycles. The Bertz CT molecular complexity index is 328. The monoisotopic (exact) mass is 233 g/mol. The van der Waals surface area contributed by atoms with Crippen LogP contribution in [0.2, 0.25) is 0 Å². The highest BCUT2D eigenvalue weighted by molar-refractivity contribution is 5.21. The van der Waals surface area contributed by atoms with Gasteiger partial charge in [0, 0.05) is 0 Å². The predicted molar refractivity (Wildman–Crippen MR) is 70.6 cm³/mol. The smallest absolute Gasteiger partial charge is 0.0839 e. The van der Waals surface area contributed by atoms with Crippen molar-refractivity contribution in [3.05, 3.63) is 35.9 Å². The van der Waals surface area contributed by atoms with Gasteiger partial charge in [0.2, 0.25) is 0 Å². The molecule has 1 saturated carbocycles. The molecule has 1 aliphatic rings. The summed E-state index contributed by atoms with van der Waals surface area (Å²) in [5.74, 6) is 0. The Balaban J connectivity index is 2.12. The average Bonchev–Trinajstić information content (AvgIpc) is 2.34. The molecule has 1 aromatic carbocycles. The van der Waals surface area contributed by atoms with E-state index in [0.29, 0.717) is 0 Å². The molecule has 0 heterocycles. The fourth-order valence-corrected chi connectivity index (χ4v) is 2.80. The normalized spacial score (nSPS) is 22.5. The van der Waals surface area contributed by atoms with Gasteiger partial charge in [-0.1, -0.05) is 62.4 Å². The molecule has 3 N–H and O–H groups in total. The van der Waals surface area contributed by atoms with Crippen LogP contribution >= 0.6 is 0 Å². The molecule has 0 aromatic heterocycles. The maximum absolute atomic E-state index is 10.8. The van der Waals surface area contributed by atoms with E-state index in [1.54, 1.807) is 0 Å². The zero-order valence-corrected chi connectivity index (χ0v) is 10.4. The lowest BCUT2D eigenvalue weighted by molar-refractivity contribution is -0.0109.